The van der Waals surface area contributed by atoms with Gasteiger partial charge in [-0.2, -0.15) is 0 Å². The molecule has 0 atom stereocenters. The third-order valence-corrected chi connectivity index (χ3v) is 5.14. The molecule has 160 valence electrons. The molecule has 0 saturated carbocycles. The Morgan fingerprint density at radius 2 is 1.63 bits per heavy atom. The van der Waals surface area contributed by atoms with E-state index >= 15 is 0 Å². The first-order chi connectivity index (χ1) is 14.3. The number of benzene rings is 2. The monoisotopic (exact) mass is 557 g/mol. The zero-order chi connectivity index (χ0) is 22.1. The number of nitrogens with one attached hydrogen (secondary N) is 3. The van der Waals surface area contributed by atoms with E-state index < -0.39 is 11.8 Å². The highest BCUT2D eigenvalue weighted by Gasteiger charge is 2.10. The minimum Gasteiger partial charge on any atom is -0.483 e. The van der Waals surface area contributed by atoms with E-state index in [4.69, 9.17) is 21.7 Å². The second-order valence-corrected chi connectivity index (χ2v) is 8.33. The highest BCUT2D eigenvalue weighted by Crippen LogP contribution is 2.26. The molecule has 2 rings (SSSR count). The Hall–Kier alpha value is -2.17. The molecule has 2 amide bonds. The van der Waals surface area contributed by atoms with Crippen molar-refractivity contribution < 1.29 is 19.1 Å². The molecule has 0 aromatic heterocycles. The lowest BCUT2D eigenvalue weighted by atomic mass is 10.2. The van der Waals surface area contributed by atoms with Gasteiger partial charge in [0.1, 0.15) is 11.5 Å². The minimum atomic E-state index is -0.459. The Labute approximate surface area is 197 Å². The number of amides is 2. The number of thiocarbonyl (C=S) groups is 1. The summed E-state index contributed by atoms with van der Waals surface area (Å²) in [6.07, 6.45) is 0.903. The number of rotatable bonds is 7. The molecule has 0 aliphatic heterocycles. The third kappa shape index (κ3) is 7.92. The number of ether oxygens (including phenoxy) is 2. The molecule has 0 bridgehead atoms. The average Bonchev–Trinajstić information content (AvgIpc) is 2.70. The first-order valence-electron chi connectivity index (χ1n) is 8.97. The summed E-state index contributed by atoms with van der Waals surface area (Å²) in [4.78, 5) is 23.8. The van der Waals surface area contributed by atoms with Gasteiger partial charge in [-0.15, -0.1) is 0 Å². The maximum absolute atomic E-state index is 11.9. The van der Waals surface area contributed by atoms with Crippen molar-refractivity contribution in [3.05, 3.63) is 56.5 Å². The van der Waals surface area contributed by atoms with E-state index in [0.717, 1.165) is 26.5 Å². The van der Waals surface area contributed by atoms with Crippen LogP contribution in [0.4, 0.5) is 0 Å². The second kappa shape index (κ2) is 11.9. The summed E-state index contributed by atoms with van der Waals surface area (Å²) >= 11 is 11.8. The zero-order valence-corrected chi connectivity index (χ0v) is 20.4. The molecule has 0 heterocycles. The molecule has 7 nitrogen and oxygen atoms in total. The van der Waals surface area contributed by atoms with E-state index in [1.807, 2.05) is 31.2 Å². The van der Waals surface area contributed by atoms with Crippen LogP contribution >= 0.6 is 44.1 Å². The maximum Gasteiger partial charge on any atom is 0.276 e. The van der Waals surface area contributed by atoms with Crippen LogP contribution in [0.1, 0.15) is 18.1 Å². The zero-order valence-electron chi connectivity index (χ0n) is 16.4. The summed E-state index contributed by atoms with van der Waals surface area (Å²) in [6, 6.07) is 11.1. The summed E-state index contributed by atoms with van der Waals surface area (Å²) < 4.78 is 12.6. The van der Waals surface area contributed by atoms with Gasteiger partial charge in [0.25, 0.3) is 11.8 Å². The molecule has 0 fully saturated rings. The fraction of sp³-hybridized carbons (Fsp3) is 0.250. The van der Waals surface area contributed by atoms with Gasteiger partial charge >= 0.3 is 0 Å². The van der Waals surface area contributed by atoms with E-state index in [1.54, 1.807) is 12.1 Å². The van der Waals surface area contributed by atoms with Gasteiger partial charge in [-0.25, -0.2) is 0 Å². The molecule has 0 radical (unpaired) electrons. The van der Waals surface area contributed by atoms with Gasteiger partial charge < -0.3 is 9.47 Å². The lowest BCUT2D eigenvalue weighted by Crippen LogP contribution is -2.50. The average molecular weight is 559 g/mol. The standard InChI is InChI=1S/C20H21Br2N3O4S/c1-3-13-4-6-17(15(22)9-13)29-11-19(27)24-25-20(30)23-18(26)10-28-16-7-5-14(21)8-12(16)2/h4-9H,3,10-11H2,1-2H3,(H,24,27)(H2,23,25,26,30). The molecular formula is C20H21Br2N3O4S. The number of halogens is 2. The van der Waals surface area contributed by atoms with Gasteiger partial charge in [0.15, 0.2) is 18.3 Å². The summed E-state index contributed by atoms with van der Waals surface area (Å²) in [5.41, 5.74) is 6.85. The number of hydrogen-bond donors (Lipinski definition) is 3. The number of carbonyl (C=O) groups excluding carboxylic acids is 2. The first kappa shape index (κ1) is 24.1. The molecule has 10 heteroatoms. The Bertz CT molecular complexity index is 940. The Morgan fingerprint density at radius 1 is 0.967 bits per heavy atom. The quantitative estimate of drug-likeness (QED) is 0.356. The van der Waals surface area contributed by atoms with Crippen LogP contribution in [0.3, 0.4) is 0 Å². The number of hydrogen-bond acceptors (Lipinski definition) is 5. The third-order valence-electron chi connectivity index (χ3n) is 3.83. The molecule has 30 heavy (non-hydrogen) atoms. The van der Waals surface area contributed by atoms with E-state index in [-0.39, 0.29) is 18.3 Å². The summed E-state index contributed by atoms with van der Waals surface area (Å²) in [5, 5.41) is 2.36. The fourth-order valence-corrected chi connectivity index (χ4v) is 3.48. The summed E-state index contributed by atoms with van der Waals surface area (Å²) in [5.74, 6) is 0.231. The normalized spacial score (nSPS) is 10.1. The molecule has 0 spiro atoms. The fourth-order valence-electron chi connectivity index (χ4n) is 2.30. The predicted molar refractivity (Wildman–Crippen MR) is 125 cm³/mol. The Kier molecular flexibility index (Phi) is 9.54. The van der Waals surface area contributed by atoms with Crippen molar-refractivity contribution in [3.63, 3.8) is 0 Å². The SMILES string of the molecule is CCc1ccc(OCC(=O)NNC(=S)NC(=O)COc2ccc(Br)cc2C)c(Br)c1. The number of carbonyl (C=O) groups is 2. The van der Waals surface area contributed by atoms with Crippen molar-refractivity contribution in [1.82, 2.24) is 16.2 Å². The number of hydrazine groups is 1. The lowest BCUT2D eigenvalue weighted by molar-refractivity contribution is -0.124. The van der Waals surface area contributed by atoms with Crippen LogP contribution in [0, 0.1) is 6.92 Å². The smallest absolute Gasteiger partial charge is 0.276 e. The van der Waals surface area contributed by atoms with Crippen molar-refractivity contribution in [3.8, 4) is 11.5 Å². The summed E-state index contributed by atoms with van der Waals surface area (Å²) in [6.45, 7) is 3.48. The largest absolute Gasteiger partial charge is 0.483 e. The molecular weight excluding hydrogens is 538 g/mol. The first-order valence-corrected chi connectivity index (χ1v) is 11.0. The van der Waals surface area contributed by atoms with Gasteiger partial charge in [0, 0.05) is 4.47 Å². The van der Waals surface area contributed by atoms with Crippen LogP contribution in [-0.4, -0.2) is 30.1 Å². The minimum absolute atomic E-state index is 0.0574. The Morgan fingerprint density at radius 3 is 2.30 bits per heavy atom. The van der Waals surface area contributed by atoms with Gasteiger partial charge in [-0.1, -0.05) is 28.9 Å². The second-order valence-electron chi connectivity index (χ2n) is 6.16. The van der Waals surface area contributed by atoms with Gasteiger partial charge in [0.05, 0.1) is 4.47 Å². The van der Waals surface area contributed by atoms with Gasteiger partial charge in [0.2, 0.25) is 0 Å². The maximum atomic E-state index is 11.9. The van der Waals surface area contributed by atoms with Crippen molar-refractivity contribution in [2.75, 3.05) is 13.2 Å². The molecule has 0 saturated heterocycles. The summed E-state index contributed by atoms with van der Waals surface area (Å²) in [7, 11) is 0. The van der Waals surface area contributed by atoms with Gasteiger partial charge in [-0.05, 0) is 83.0 Å². The topological polar surface area (TPSA) is 88.7 Å². The van der Waals surface area contributed by atoms with Crippen molar-refractivity contribution in [2.45, 2.75) is 20.3 Å². The van der Waals surface area contributed by atoms with Crippen molar-refractivity contribution >= 4 is 61.0 Å². The van der Waals surface area contributed by atoms with Crippen LogP contribution in [-0.2, 0) is 16.0 Å². The van der Waals surface area contributed by atoms with E-state index in [9.17, 15) is 9.59 Å². The Balaban J connectivity index is 1.69. The predicted octanol–water partition coefficient (Wildman–Crippen LogP) is 3.56. The van der Waals surface area contributed by atoms with Crippen LogP contribution in [0.15, 0.2) is 45.3 Å². The molecule has 0 aliphatic carbocycles. The van der Waals surface area contributed by atoms with Crippen molar-refractivity contribution in [1.29, 1.82) is 0 Å². The van der Waals surface area contributed by atoms with Crippen molar-refractivity contribution in [2.24, 2.45) is 0 Å². The van der Waals surface area contributed by atoms with Gasteiger partial charge in [-0.3, -0.25) is 25.8 Å². The molecule has 2 aromatic rings. The van der Waals surface area contributed by atoms with E-state index in [2.05, 4.69) is 55.0 Å². The molecule has 2 aromatic carbocycles. The van der Waals surface area contributed by atoms with Crippen LogP contribution in [0.25, 0.3) is 0 Å². The molecule has 3 N–H and O–H groups in total. The van der Waals surface area contributed by atoms with Crippen LogP contribution in [0.2, 0.25) is 0 Å². The lowest BCUT2D eigenvalue weighted by Gasteiger charge is -2.13. The van der Waals surface area contributed by atoms with Crippen LogP contribution < -0.4 is 25.6 Å². The highest BCUT2D eigenvalue weighted by atomic mass is 79.9. The van der Waals surface area contributed by atoms with E-state index in [1.165, 1.54) is 0 Å². The van der Waals surface area contributed by atoms with Crippen LogP contribution in [0.5, 0.6) is 11.5 Å². The number of aryl methyl sites for hydroxylation is 2. The highest BCUT2D eigenvalue weighted by molar-refractivity contribution is 9.10. The molecule has 0 unspecified atom stereocenters. The van der Waals surface area contributed by atoms with E-state index in [0.29, 0.717) is 11.5 Å². The molecule has 0 aliphatic rings.